The first-order valence-corrected chi connectivity index (χ1v) is 22.7. The molecular weight excluding hydrogens is 892 g/mol. The van der Waals surface area contributed by atoms with Gasteiger partial charge in [-0.15, -0.1) is 0 Å². The Kier molecular flexibility index (Phi) is 12.2. The minimum atomic E-state index is -5.17. The van der Waals surface area contributed by atoms with Crippen LogP contribution in [0.2, 0.25) is 0 Å². The molecule has 1 aliphatic carbocycles. The normalized spacial score (nSPS) is 20.4. The van der Waals surface area contributed by atoms with Gasteiger partial charge in [-0.25, -0.2) is 18.6 Å². The standard InChI is InChI=1S/C50H55F5N6O7/c1-27-38(50(53,54)55)34(21-36(39(27)51)59(22-29-9-14-32(64-7)15-10-29)23-30-11-16-33(65-8)17-12-30)41-40(52)42-37-44(58-46(57-42)66-26-49(19-20-49)25-63-6)60-24-31-13-18-35(43(60)28(2)67-45(37)56-41)61(31)47(62)68-48(3,4)5/h9-12,14-17,21,28,31,35,43H,13,18-20,22-26H2,1-8H3/t28-,31+,35-,43+/m0/s1. The highest BCUT2D eigenvalue weighted by atomic mass is 19.4. The van der Waals surface area contributed by atoms with Gasteiger partial charge in [0.15, 0.2) is 5.82 Å². The molecule has 4 aliphatic rings. The molecule has 2 aromatic heterocycles. The van der Waals surface area contributed by atoms with Crippen LogP contribution < -0.4 is 28.7 Å². The van der Waals surface area contributed by atoms with Crippen LogP contribution in [0.25, 0.3) is 22.2 Å². The number of piperazine rings is 1. The van der Waals surface area contributed by atoms with Gasteiger partial charge in [0.25, 0.3) is 0 Å². The summed E-state index contributed by atoms with van der Waals surface area (Å²) in [5.74, 6) is -1.20. The van der Waals surface area contributed by atoms with Crippen LogP contribution in [0.3, 0.4) is 0 Å². The number of ether oxygens (including phenoxy) is 6. The van der Waals surface area contributed by atoms with Crippen molar-refractivity contribution in [2.24, 2.45) is 5.41 Å². The van der Waals surface area contributed by atoms with Crippen molar-refractivity contribution < 1.29 is 55.2 Å². The third kappa shape index (κ3) is 8.87. The lowest BCUT2D eigenvalue weighted by molar-refractivity contribution is -0.137. The molecule has 4 atom stereocenters. The second-order valence-corrected chi connectivity index (χ2v) is 19.3. The summed E-state index contributed by atoms with van der Waals surface area (Å²) in [5, 5.41) is 0.0318. The van der Waals surface area contributed by atoms with Crippen LogP contribution in [-0.4, -0.2) is 96.9 Å². The van der Waals surface area contributed by atoms with Crippen LogP contribution in [-0.2, 0) is 28.7 Å². The highest BCUT2D eigenvalue weighted by Gasteiger charge is 2.54. The minimum absolute atomic E-state index is 0.0318. The first kappa shape index (κ1) is 46.9. The summed E-state index contributed by atoms with van der Waals surface area (Å²) in [7, 11) is 4.64. The van der Waals surface area contributed by atoms with Crippen LogP contribution in [0.4, 0.5) is 38.3 Å². The molecule has 3 aromatic carbocycles. The number of halogens is 5. The number of hydrogen-bond donors (Lipinski definition) is 0. The first-order chi connectivity index (χ1) is 32.3. The highest BCUT2D eigenvalue weighted by molar-refractivity contribution is 5.98. The SMILES string of the molecule is COCC1(COc2nc3c4c(nc(-c5cc(N(Cc6ccc(OC)cc6)Cc6ccc(OC)cc6)c(F)c(C)c5C(F)(F)F)c(F)c4n2)O[C@@H](C)[C@@H]2[C@@H]4CC[C@H](CN32)N4C(=O)OC(C)(C)C)CC1. The van der Waals surface area contributed by atoms with Gasteiger partial charge in [0.05, 0.1) is 56.8 Å². The Morgan fingerprint density at radius 1 is 0.882 bits per heavy atom. The molecule has 9 rings (SSSR count). The van der Waals surface area contributed by atoms with Gasteiger partial charge in [-0.05, 0) is 107 Å². The van der Waals surface area contributed by atoms with Crippen molar-refractivity contribution in [2.45, 2.75) is 109 Å². The fourth-order valence-electron chi connectivity index (χ4n) is 9.98. The van der Waals surface area contributed by atoms with Gasteiger partial charge in [0.2, 0.25) is 5.88 Å². The van der Waals surface area contributed by atoms with E-state index < -0.39 is 70.1 Å². The molecule has 0 spiro atoms. The summed E-state index contributed by atoms with van der Waals surface area (Å²) in [6, 6.07) is 13.5. The molecule has 18 heteroatoms. The number of rotatable bonds is 13. The van der Waals surface area contributed by atoms with Crippen LogP contribution in [0.1, 0.15) is 75.6 Å². The molecule has 0 radical (unpaired) electrons. The molecule has 1 saturated carbocycles. The topological polar surface area (TPSA) is 121 Å². The third-order valence-corrected chi connectivity index (χ3v) is 13.4. The van der Waals surface area contributed by atoms with Crippen molar-refractivity contribution in [3.8, 4) is 34.6 Å². The number of aromatic nitrogens is 3. The zero-order valence-electron chi connectivity index (χ0n) is 39.3. The summed E-state index contributed by atoms with van der Waals surface area (Å²) in [6.45, 7) is 9.07. The summed E-state index contributed by atoms with van der Waals surface area (Å²) in [6.07, 6.45) is -3.54. The predicted octanol–water partition coefficient (Wildman–Crippen LogP) is 10.1. The molecule has 3 aliphatic heterocycles. The fraction of sp³-hybridized carbons (Fsp3) is 0.480. The van der Waals surface area contributed by atoms with Gasteiger partial charge in [0, 0.05) is 37.7 Å². The fourth-order valence-corrected chi connectivity index (χ4v) is 9.98. The van der Waals surface area contributed by atoms with Crippen molar-refractivity contribution in [3.63, 3.8) is 0 Å². The van der Waals surface area contributed by atoms with E-state index in [2.05, 4.69) is 9.97 Å². The number of methoxy groups -OCH3 is 3. The predicted molar refractivity (Wildman–Crippen MR) is 243 cm³/mol. The maximum absolute atomic E-state index is 17.9. The van der Waals surface area contributed by atoms with Crippen molar-refractivity contribution in [1.82, 2.24) is 19.9 Å². The van der Waals surface area contributed by atoms with Crippen LogP contribution in [0.15, 0.2) is 54.6 Å². The second-order valence-electron chi connectivity index (χ2n) is 19.3. The number of nitrogens with zero attached hydrogens (tertiary/aromatic N) is 6. The van der Waals surface area contributed by atoms with Crippen molar-refractivity contribution in [2.75, 3.05) is 50.9 Å². The first-order valence-electron chi connectivity index (χ1n) is 22.7. The van der Waals surface area contributed by atoms with E-state index in [4.69, 9.17) is 33.4 Å². The van der Waals surface area contributed by atoms with E-state index in [1.54, 1.807) is 93.1 Å². The van der Waals surface area contributed by atoms with Gasteiger partial charge in [0.1, 0.15) is 51.4 Å². The molecule has 68 heavy (non-hydrogen) atoms. The van der Waals surface area contributed by atoms with E-state index in [9.17, 15) is 4.79 Å². The van der Waals surface area contributed by atoms with Gasteiger partial charge < -0.3 is 38.2 Å². The Morgan fingerprint density at radius 3 is 2.07 bits per heavy atom. The molecule has 0 unspecified atom stereocenters. The molecule has 0 N–H and O–H groups in total. The van der Waals surface area contributed by atoms with E-state index >= 15 is 22.0 Å². The molecule has 1 amide bonds. The van der Waals surface area contributed by atoms with Gasteiger partial charge >= 0.3 is 18.3 Å². The third-order valence-electron chi connectivity index (χ3n) is 13.4. The van der Waals surface area contributed by atoms with E-state index in [0.717, 1.165) is 25.8 Å². The van der Waals surface area contributed by atoms with E-state index in [-0.39, 0.29) is 72.0 Å². The number of fused-ring (bicyclic) bond motifs is 5. The second kappa shape index (κ2) is 17.7. The smallest absolute Gasteiger partial charge is 0.417 e. The molecular formula is C50H55F5N6O7. The molecule has 5 aromatic rings. The summed E-state index contributed by atoms with van der Waals surface area (Å²) in [5.41, 5.74) is -3.93. The van der Waals surface area contributed by atoms with E-state index in [0.29, 0.717) is 42.1 Å². The van der Waals surface area contributed by atoms with Gasteiger partial charge in [-0.1, -0.05) is 24.3 Å². The number of alkyl halides is 3. The molecule has 2 saturated heterocycles. The number of hydrogen-bond acceptors (Lipinski definition) is 12. The molecule has 5 heterocycles. The zero-order valence-corrected chi connectivity index (χ0v) is 39.3. The van der Waals surface area contributed by atoms with Gasteiger partial charge in [-0.2, -0.15) is 23.1 Å². The number of benzene rings is 3. The molecule has 2 bridgehead atoms. The quantitative estimate of drug-likeness (QED) is 0.105. The molecule has 3 fully saturated rings. The largest absolute Gasteiger partial charge is 0.497 e. The van der Waals surface area contributed by atoms with Crippen LogP contribution >= 0.6 is 0 Å². The highest BCUT2D eigenvalue weighted by Crippen LogP contribution is 2.50. The maximum Gasteiger partial charge on any atom is 0.417 e. The van der Waals surface area contributed by atoms with Gasteiger partial charge in [-0.3, -0.25) is 4.90 Å². The Hall–Kier alpha value is -6.17. The number of carbonyl (C=O) groups is 1. The average molecular weight is 947 g/mol. The number of amides is 1. The lowest BCUT2D eigenvalue weighted by atomic mass is 9.95. The number of pyridine rings is 1. The summed E-state index contributed by atoms with van der Waals surface area (Å²) >= 11 is 0. The van der Waals surface area contributed by atoms with Crippen molar-refractivity contribution in [3.05, 3.63) is 88.5 Å². The maximum atomic E-state index is 17.9. The Balaban J connectivity index is 1.22. The Morgan fingerprint density at radius 2 is 1.51 bits per heavy atom. The zero-order chi connectivity index (χ0) is 48.4. The molecule has 362 valence electrons. The lowest BCUT2D eigenvalue weighted by Gasteiger charge is -2.48. The van der Waals surface area contributed by atoms with E-state index in [1.807, 2.05) is 4.90 Å². The Bertz CT molecular complexity index is 2660. The van der Waals surface area contributed by atoms with Crippen molar-refractivity contribution in [1.29, 1.82) is 0 Å². The van der Waals surface area contributed by atoms with Crippen LogP contribution in [0.5, 0.6) is 23.4 Å². The number of anilines is 2. The average Bonchev–Trinajstić information content (AvgIpc) is 4.01. The minimum Gasteiger partial charge on any atom is -0.497 e. The van der Waals surface area contributed by atoms with Crippen LogP contribution in [0, 0.1) is 24.0 Å². The Labute approximate surface area is 391 Å². The number of carbonyl (C=O) groups excluding carboxylic acids is 1. The molecule has 13 nitrogen and oxygen atoms in total. The van der Waals surface area contributed by atoms with Crippen molar-refractivity contribution >= 4 is 28.5 Å². The summed E-state index contributed by atoms with van der Waals surface area (Å²) in [4.78, 5) is 33.1. The monoisotopic (exact) mass is 946 g/mol. The lowest BCUT2D eigenvalue weighted by Crippen LogP contribution is -2.65. The van der Waals surface area contributed by atoms with E-state index in [1.165, 1.54) is 14.2 Å². The summed E-state index contributed by atoms with van der Waals surface area (Å²) < 4.78 is 116.